The van der Waals surface area contributed by atoms with Crippen LogP contribution in [0, 0.1) is 17.0 Å². The lowest BCUT2D eigenvalue weighted by molar-refractivity contribution is -0.479. The fraction of sp³-hybridized carbons (Fsp3) is 0.333. The lowest BCUT2D eigenvalue weighted by Crippen LogP contribution is -2.12. The van der Waals surface area contributed by atoms with Crippen molar-refractivity contribution in [3.05, 3.63) is 67.4 Å². The van der Waals surface area contributed by atoms with Crippen molar-refractivity contribution in [2.75, 3.05) is 19.8 Å². The Kier molecular flexibility index (Phi) is 8.38. The topological polar surface area (TPSA) is 92.3 Å². The van der Waals surface area contributed by atoms with Crippen LogP contribution in [0.25, 0.3) is 5.69 Å². The molecule has 0 aliphatic heterocycles. The van der Waals surface area contributed by atoms with Crippen molar-refractivity contribution in [1.82, 2.24) is 14.8 Å². The van der Waals surface area contributed by atoms with Crippen LogP contribution in [0.15, 0.2) is 46.0 Å². The summed E-state index contributed by atoms with van der Waals surface area (Å²) in [5.41, 5.74) is 1.54. The minimum Gasteiger partial charge on any atom is -0.490 e. The fourth-order valence-corrected chi connectivity index (χ4v) is 4.96. The third-order valence-electron chi connectivity index (χ3n) is 4.43. The first kappa shape index (κ1) is 24.3. The summed E-state index contributed by atoms with van der Waals surface area (Å²) in [6, 6.07) is 10.9. The van der Waals surface area contributed by atoms with Crippen LogP contribution in [0.4, 0.5) is 0 Å². The number of hydrogen-bond donors (Lipinski definition) is 0. The van der Waals surface area contributed by atoms with Crippen LogP contribution in [0.1, 0.15) is 30.5 Å². The molecule has 8 nitrogen and oxygen atoms in total. The highest BCUT2D eigenvalue weighted by Crippen LogP contribution is 2.43. The van der Waals surface area contributed by atoms with Crippen LogP contribution in [-0.4, -0.2) is 39.4 Å². The highest BCUT2D eigenvalue weighted by molar-refractivity contribution is 9.10. The van der Waals surface area contributed by atoms with Gasteiger partial charge in [0.05, 0.1) is 17.7 Å². The molecule has 0 saturated carbocycles. The highest BCUT2D eigenvalue weighted by Gasteiger charge is 2.26. The zero-order valence-corrected chi connectivity index (χ0v) is 20.9. The van der Waals surface area contributed by atoms with Crippen molar-refractivity contribution < 1.29 is 14.4 Å². The highest BCUT2D eigenvalue weighted by atomic mass is 79.9. The Hall–Kier alpha value is -2.30. The Morgan fingerprint density at radius 2 is 1.88 bits per heavy atom. The van der Waals surface area contributed by atoms with E-state index < -0.39 is 5.25 Å². The van der Waals surface area contributed by atoms with Gasteiger partial charge in [0, 0.05) is 15.6 Å². The number of rotatable bonds is 10. The predicted octanol–water partition coefficient (Wildman–Crippen LogP) is 5.90. The molecule has 0 spiro atoms. The summed E-state index contributed by atoms with van der Waals surface area (Å²) in [6.07, 6.45) is 0. The monoisotopic (exact) mass is 540 g/mol. The second-order valence-corrected chi connectivity index (χ2v) is 9.12. The summed E-state index contributed by atoms with van der Waals surface area (Å²) in [7, 11) is 0. The van der Waals surface area contributed by atoms with Crippen molar-refractivity contribution in [3.63, 3.8) is 0 Å². The van der Waals surface area contributed by atoms with Gasteiger partial charge in [0.25, 0.3) is 0 Å². The number of nitro groups is 1. The maximum atomic E-state index is 11.5. The molecule has 0 N–H and O–H groups in total. The minimum atomic E-state index is -0.536. The molecule has 0 fully saturated rings. The molecule has 0 unspecified atom stereocenters. The molecule has 0 saturated heterocycles. The van der Waals surface area contributed by atoms with E-state index in [2.05, 4.69) is 26.1 Å². The average Bonchev–Trinajstić information content (AvgIpc) is 3.10. The summed E-state index contributed by atoms with van der Waals surface area (Å²) in [5, 5.41) is 20.6. The van der Waals surface area contributed by atoms with E-state index in [1.54, 1.807) is 18.2 Å². The van der Waals surface area contributed by atoms with Crippen LogP contribution in [-0.2, 0) is 0 Å². The number of thioether (sulfide) groups is 1. The largest absolute Gasteiger partial charge is 0.490 e. The van der Waals surface area contributed by atoms with E-state index in [0.717, 1.165) is 5.69 Å². The SMILES string of the molecule is CCOc1cc([C@H](C[N+](=O)[O-])Sc2nnc(C)n2-c2ccc(Cl)cc2)cc(Br)c1OCC. The van der Waals surface area contributed by atoms with Crippen LogP contribution < -0.4 is 9.47 Å². The molecule has 11 heteroatoms. The summed E-state index contributed by atoms with van der Waals surface area (Å²) in [5.74, 6) is 1.77. The van der Waals surface area contributed by atoms with Gasteiger partial charge in [-0.1, -0.05) is 23.4 Å². The number of nitrogens with zero attached hydrogens (tertiary/aromatic N) is 4. The van der Waals surface area contributed by atoms with Crippen molar-refractivity contribution in [3.8, 4) is 17.2 Å². The van der Waals surface area contributed by atoms with Crippen molar-refractivity contribution in [2.24, 2.45) is 0 Å². The summed E-state index contributed by atoms with van der Waals surface area (Å²) < 4.78 is 14.0. The predicted molar refractivity (Wildman–Crippen MR) is 128 cm³/mol. The van der Waals surface area contributed by atoms with E-state index >= 15 is 0 Å². The van der Waals surface area contributed by atoms with Gasteiger partial charge in [-0.25, -0.2) is 0 Å². The van der Waals surface area contributed by atoms with Gasteiger partial charge in [-0.05, 0) is 78.7 Å². The van der Waals surface area contributed by atoms with Crippen LogP contribution in [0.3, 0.4) is 0 Å². The lowest BCUT2D eigenvalue weighted by Gasteiger charge is -2.18. The van der Waals surface area contributed by atoms with Crippen LogP contribution in [0.2, 0.25) is 5.02 Å². The smallest absolute Gasteiger partial charge is 0.220 e. The van der Waals surface area contributed by atoms with Gasteiger partial charge < -0.3 is 9.47 Å². The van der Waals surface area contributed by atoms with Gasteiger partial charge in [-0.3, -0.25) is 14.7 Å². The Morgan fingerprint density at radius 3 is 2.50 bits per heavy atom. The normalized spacial score (nSPS) is 11.9. The van der Waals surface area contributed by atoms with Gasteiger partial charge in [0.2, 0.25) is 6.54 Å². The van der Waals surface area contributed by atoms with Gasteiger partial charge in [0.15, 0.2) is 16.7 Å². The molecule has 3 aromatic rings. The Labute approximate surface area is 203 Å². The van der Waals surface area contributed by atoms with E-state index in [9.17, 15) is 10.1 Å². The van der Waals surface area contributed by atoms with E-state index in [-0.39, 0.29) is 11.5 Å². The fourth-order valence-electron chi connectivity index (χ4n) is 3.10. The van der Waals surface area contributed by atoms with E-state index in [1.165, 1.54) is 11.8 Å². The molecule has 0 aliphatic carbocycles. The first-order valence-electron chi connectivity index (χ1n) is 9.89. The molecule has 0 bridgehead atoms. The average molecular weight is 542 g/mol. The molecule has 1 heterocycles. The molecule has 2 aromatic carbocycles. The zero-order valence-electron chi connectivity index (χ0n) is 17.7. The standard InChI is InChI=1S/C21H22BrClN4O4S/c1-4-30-18-11-14(10-17(22)20(18)31-5-2)19(12-26(28)29)32-21-25-24-13(3)27(21)16-8-6-15(23)7-9-16/h6-11,19H,4-5,12H2,1-3H3/t19-/m0/s1. The Balaban J connectivity index is 2.02. The second-order valence-electron chi connectivity index (χ2n) is 6.66. The van der Waals surface area contributed by atoms with Crippen molar-refractivity contribution in [2.45, 2.75) is 31.2 Å². The molecular formula is C21H22BrClN4O4S. The molecule has 32 heavy (non-hydrogen) atoms. The van der Waals surface area contributed by atoms with Crippen molar-refractivity contribution >= 4 is 39.3 Å². The zero-order chi connectivity index (χ0) is 23.3. The number of ether oxygens (including phenoxy) is 2. The molecule has 3 rings (SSSR count). The number of aryl methyl sites for hydroxylation is 1. The molecule has 1 atom stereocenters. The molecule has 0 radical (unpaired) electrons. The summed E-state index contributed by atoms with van der Waals surface area (Å²) in [4.78, 5) is 11.2. The van der Waals surface area contributed by atoms with Crippen LogP contribution in [0.5, 0.6) is 11.5 Å². The Bertz CT molecular complexity index is 1090. The van der Waals surface area contributed by atoms with Gasteiger partial charge >= 0.3 is 0 Å². The molecule has 0 amide bonds. The van der Waals surface area contributed by atoms with E-state index in [0.29, 0.717) is 50.8 Å². The molecule has 0 aliphatic rings. The van der Waals surface area contributed by atoms with Gasteiger partial charge in [0.1, 0.15) is 11.1 Å². The summed E-state index contributed by atoms with van der Waals surface area (Å²) in [6.45, 7) is 6.18. The third-order valence-corrected chi connectivity index (χ3v) is 6.46. The molecule has 170 valence electrons. The quantitative estimate of drug-likeness (QED) is 0.179. The lowest BCUT2D eigenvalue weighted by atomic mass is 10.1. The second kappa shape index (κ2) is 11.0. The summed E-state index contributed by atoms with van der Waals surface area (Å²) >= 11 is 10.8. The third kappa shape index (κ3) is 5.73. The number of benzene rings is 2. The Morgan fingerprint density at radius 1 is 1.19 bits per heavy atom. The molecule has 1 aromatic heterocycles. The van der Waals surface area contributed by atoms with Gasteiger partial charge in [-0.15, -0.1) is 10.2 Å². The number of aromatic nitrogens is 3. The molecular weight excluding hydrogens is 520 g/mol. The maximum Gasteiger partial charge on any atom is 0.220 e. The maximum absolute atomic E-state index is 11.5. The van der Waals surface area contributed by atoms with Crippen molar-refractivity contribution in [1.29, 1.82) is 0 Å². The van der Waals surface area contributed by atoms with Crippen LogP contribution >= 0.6 is 39.3 Å². The number of halogens is 2. The van der Waals surface area contributed by atoms with E-state index in [1.807, 2.05) is 43.5 Å². The van der Waals surface area contributed by atoms with Gasteiger partial charge in [-0.2, -0.15) is 0 Å². The first-order valence-corrected chi connectivity index (χ1v) is 11.9. The number of hydrogen-bond acceptors (Lipinski definition) is 7. The van der Waals surface area contributed by atoms with E-state index in [4.69, 9.17) is 21.1 Å². The minimum absolute atomic E-state index is 0.302. The first-order chi connectivity index (χ1) is 15.3.